The lowest BCUT2D eigenvalue weighted by atomic mass is 10.1. The van der Waals surface area contributed by atoms with E-state index in [1.807, 2.05) is 13.8 Å². The van der Waals surface area contributed by atoms with Gasteiger partial charge in [-0.15, -0.1) is 0 Å². The topological polar surface area (TPSA) is 75.3 Å². The Balaban J connectivity index is 3.85. The van der Waals surface area contributed by atoms with Crippen LogP contribution >= 0.6 is 0 Å². The van der Waals surface area contributed by atoms with Crippen molar-refractivity contribution in [2.75, 3.05) is 6.61 Å². The van der Waals surface area contributed by atoms with Crippen LogP contribution in [0.2, 0.25) is 0 Å². The molecular weight excluding hydrogens is 168 g/mol. The summed E-state index contributed by atoms with van der Waals surface area (Å²) in [5.41, 5.74) is 5.54. The standard InChI is InChI=1S/C9H20N2O2/c1-3-7(5-6-12)11-9(13)8(10)4-2/h7-8,12H,3-6,10H2,1-2H3,(H,11,13)/t7?,8-/m1/s1. The third-order valence-corrected chi connectivity index (χ3v) is 2.09. The minimum atomic E-state index is -0.423. The van der Waals surface area contributed by atoms with E-state index < -0.39 is 6.04 Å². The predicted octanol–water partition coefficient (Wildman–Crippen LogP) is 0.000900. The maximum Gasteiger partial charge on any atom is 0.237 e. The van der Waals surface area contributed by atoms with Crippen molar-refractivity contribution in [1.82, 2.24) is 5.32 Å². The van der Waals surface area contributed by atoms with Gasteiger partial charge >= 0.3 is 0 Å². The number of aliphatic hydroxyl groups is 1. The van der Waals surface area contributed by atoms with Gasteiger partial charge in [-0.2, -0.15) is 0 Å². The molecule has 4 heteroatoms. The van der Waals surface area contributed by atoms with Crippen molar-refractivity contribution in [1.29, 1.82) is 0 Å². The summed E-state index contributed by atoms with van der Waals surface area (Å²) < 4.78 is 0. The van der Waals surface area contributed by atoms with Gasteiger partial charge in [0.2, 0.25) is 5.91 Å². The fourth-order valence-corrected chi connectivity index (χ4v) is 1.03. The zero-order chi connectivity index (χ0) is 10.3. The fraction of sp³-hybridized carbons (Fsp3) is 0.889. The molecule has 4 nitrogen and oxygen atoms in total. The number of nitrogens with two attached hydrogens (primary N) is 1. The molecule has 0 aliphatic heterocycles. The van der Waals surface area contributed by atoms with Crippen LogP contribution in [0.3, 0.4) is 0 Å². The normalized spacial score (nSPS) is 15.1. The van der Waals surface area contributed by atoms with Gasteiger partial charge in [0, 0.05) is 12.6 Å². The van der Waals surface area contributed by atoms with Gasteiger partial charge in [0.05, 0.1) is 6.04 Å². The summed E-state index contributed by atoms with van der Waals surface area (Å²) in [5.74, 6) is -0.122. The molecule has 0 saturated heterocycles. The summed E-state index contributed by atoms with van der Waals surface area (Å²) in [4.78, 5) is 11.3. The predicted molar refractivity (Wildman–Crippen MR) is 52.2 cm³/mol. The zero-order valence-corrected chi connectivity index (χ0v) is 8.42. The number of rotatable bonds is 6. The average molecular weight is 188 g/mol. The van der Waals surface area contributed by atoms with E-state index in [-0.39, 0.29) is 18.6 Å². The summed E-state index contributed by atoms with van der Waals surface area (Å²) in [7, 11) is 0. The number of hydrogen-bond acceptors (Lipinski definition) is 3. The molecule has 0 saturated carbocycles. The second kappa shape index (κ2) is 6.86. The molecule has 0 heterocycles. The molecule has 78 valence electrons. The molecule has 1 amide bonds. The molecule has 0 aliphatic carbocycles. The highest BCUT2D eigenvalue weighted by Gasteiger charge is 2.14. The van der Waals surface area contributed by atoms with E-state index in [1.165, 1.54) is 0 Å². The number of carbonyl (C=O) groups is 1. The highest BCUT2D eigenvalue weighted by molar-refractivity contribution is 5.81. The Kier molecular flexibility index (Phi) is 6.54. The number of aliphatic hydroxyl groups excluding tert-OH is 1. The maximum absolute atomic E-state index is 11.3. The molecule has 0 aromatic heterocycles. The van der Waals surface area contributed by atoms with Gasteiger partial charge in [0.25, 0.3) is 0 Å². The largest absolute Gasteiger partial charge is 0.396 e. The monoisotopic (exact) mass is 188 g/mol. The highest BCUT2D eigenvalue weighted by Crippen LogP contribution is 1.97. The Morgan fingerprint density at radius 1 is 1.46 bits per heavy atom. The first-order valence-corrected chi connectivity index (χ1v) is 4.82. The van der Waals surface area contributed by atoms with Crippen LogP contribution in [0.15, 0.2) is 0 Å². The second-order valence-electron chi connectivity index (χ2n) is 3.14. The molecule has 0 fully saturated rings. The van der Waals surface area contributed by atoms with Crippen molar-refractivity contribution in [2.45, 2.75) is 45.2 Å². The summed E-state index contributed by atoms with van der Waals surface area (Å²) in [5, 5.41) is 11.5. The van der Waals surface area contributed by atoms with E-state index in [1.54, 1.807) is 0 Å². The van der Waals surface area contributed by atoms with Crippen molar-refractivity contribution >= 4 is 5.91 Å². The first kappa shape index (κ1) is 12.4. The van der Waals surface area contributed by atoms with Crippen LogP contribution < -0.4 is 11.1 Å². The first-order chi connectivity index (χ1) is 6.15. The lowest BCUT2D eigenvalue weighted by molar-refractivity contribution is -0.123. The van der Waals surface area contributed by atoms with E-state index in [9.17, 15) is 4.79 Å². The smallest absolute Gasteiger partial charge is 0.237 e. The van der Waals surface area contributed by atoms with Gasteiger partial charge in [0.1, 0.15) is 0 Å². The van der Waals surface area contributed by atoms with Gasteiger partial charge in [-0.3, -0.25) is 4.79 Å². The highest BCUT2D eigenvalue weighted by atomic mass is 16.3. The summed E-state index contributed by atoms with van der Waals surface area (Å²) in [6.07, 6.45) is 2.06. The SMILES string of the molecule is CCC(CCO)NC(=O)[C@H](N)CC. The Morgan fingerprint density at radius 3 is 2.46 bits per heavy atom. The van der Waals surface area contributed by atoms with Crippen LogP contribution in [0.4, 0.5) is 0 Å². The molecule has 0 rings (SSSR count). The molecule has 4 N–H and O–H groups in total. The Hall–Kier alpha value is -0.610. The van der Waals surface area contributed by atoms with Crippen molar-refractivity contribution in [3.05, 3.63) is 0 Å². The quantitative estimate of drug-likeness (QED) is 0.549. The molecule has 0 radical (unpaired) electrons. The first-order valence-electron chi connectivity index (χ1n) is 4.82. The maximum atomic E-state index is 11.3. The van der Waals surface area contributed by atoms with Gasteiger partial charge in [-0.25, -0.2) is 0 Å². The van der Waals surface area contributed by atoms with Crippen LogP contribution in [-0.4, -0.2) is 29.7 Å². The molecule has 1 unspecified atom stereocenters. The van der Waals surface area contributed by atoms with Crippen molar-refractivity contribution in [3.8, 4) is 0 Å². The van der Waals surface area contributed by atoms with Crippen LogP contribution in [0.25, 0.3) is 0 Å². The van der Waals surface area contributed by atoms with Gasteiger partial charge in [-0.1, -0.05) is 13.8 Å². The van der Waals surface area contributed by atoms with E-state index in [2.05, 4.69) is 5.32 Å². The second-order valence-corrected chi connectivity index (χ2v) is 3.14. The molecule has 0 aromatic carbocycles. The molecular formula is C9H20N2O2. The van der Waals surface area contributed by atoms with Gasteiger partial charge < -0.3 is 16.2 Å². The molecule has 0 aromatic rings. The third kappa shape index (κ3) is 4.85. The number of carbonyl (C=O) groups excluding carboxylic acids is 1. The lowest BCUT2D eigenvalue weighted by Gasteiger charge is -2.18. The summed E-state index contributed by atoms with van der Waals surface area (Å²) in [6, 6.07) is -0.372. The van der Waals surface area contributed by atoms with E-state index in [0.717, 1.165) is 6.42 Å². The Bertz CT molecular complexity index is 151. The van der Waals surface area contributed by atoms with E-state index >= 15 is 0 Å². The number of amides is 1. The molecule has 0 aliphatic rings. The van der Waals surface area contributed by atoms with Gasteiger partial charge in [-0.05, 0) is 19.3 Å². The molecule has 0 bridgehead atoms. The van der Waals surface area contributed by atoms with Crippen LogP contribution in [0.5, 0.6) is 0 Å². The third-order valence-electron chi connectivity index (χ3n) is 2.09. The number of nitrogens with one attached hydrogen (secondary N) is 1. The lowest BCUT2D eigenvalue weighted by Crippen LogP contribution is -2.45. The van der Waals surface area contributed by atoms with Crippen LogP contribution in [0, 0.1) is 0 Å². The number of hydrogen-bond donors (Lipinski definition) is 3. The minimum absolute atomic E-state index is 0.0510. The van der Waals surface area contributed by atoms with E-state index in [0.29, 0.717) is 12.8 Å². The van der Waals surface area contributed by atoms with Crippen molar-refractivity contribution in [2.24, 2.45) is 5.73 Å². The zero-order valence-electron chi connectivity index (χ0n) is 8.42. The van der Waals surface area contributed by atoms with Gasteiger partial charge in [0.15, 0.2) is 0 Å². The van der Waals surface area contributed by atoms with Crippen molar-refractivity contribution < 1.29 is 9.90 Å². The summed E-state index contributed by atoms with van der Waals surface area (Å²) >= 11 is 0. The van der Waals surface area contributed by atoms with Crippen LogP contribution in [-0.2, 0) is 4.79 Å². The fourth-order valence-electron chi connectivity index (χ4n) is 1.03. The Labute approximate surface area is 79.5 Å². The molecule has 2 atom stereocenters. The van der Waals surface area contributed by atoms with Crippen molar-refractivity contribution in [3.63, 3.8) is 0 Å². The molecule has 13 heavy (non-hydrogen) atoms. The van der Waals surface area contributed by atoms with Crippen LogP contribution in [0.1, 0.15) is 33.1 Å². The average Bonchev–Trinajstić information content (AvgIpc) is 2.15. The molecule has 0 spiro atoms. The minimum Gasteiger partial charge on any atom is -0.396 e. The summed E-state index contributed by atoms with van der Waals surface area (Å²) in [6.45, 7) is 3.94. The van der Waals surface area contributed by atoms with E-state index in [4.69, 9.17) is 10.8 Å². The Morgan fingerprint density at radius 2 is 2.08 bits per heavy atom.